The van der Waals surface area contributed by atoms with Gasteiger partial charge in [-0.2, -0.15) is 0 Å². The lowest BCUT2D eigenvalue weighted by atomic mass is 10.2. The highest BCUT2D eigenvalue weighted by Crippen LogP contribution is 2.35. The summed E-state index contributed by atoms with van der Waals surface area (Å²) in [6.07, 6.45) is 0.961. The summed E-state index contributed by atoms with van der Waals surface area (Å²) in [7, 11) is 0. The number of carbonyl (C=O) groups is 1. The van der Waals surface area contributed by atoms with Crippen molar-refractivity contribution >= 4 is 11.7 Å². The number of benzene rings is 1. The lowest BCUT2D eigenvalue weighted by Gasteiger charge is -2.36. The monoisotopic (exact) mass is 291 g/mol. The minimum atomic E-state index is 0.0437. The van der Waals surface area contributed by atoms with E-state index in [-0.39, 0.29) is 6.03 Å². The Morgan fingerprint density at radius 2 is 1.95 bits per heavy atom. The lowest BCUT2D eigenvalue weighted by molar-refractivity contribution is 0.174. The Hall–Kier alpha value is -2.11. The summed E-state index contributed by atoms with van der Waals surface area (Å²) in [5.74, 6) is 1.60. The molecule has 0 aromatic heterocycles. The van der Waals surface area contributed by atoms with Crippen LogP contribution < -0.4 is 19.7 Å². The lowest BCUT2D eigenvalue weighted by Crippen LogP contribution is -2.52. The molecular weight excluding hydrogens is 270 g/mol. The Bertz CT molecular complexity index is 513. The summed E-state index contributed by atoms with van der Waals surface area (Å²) in [5, 5.41) is 2.92. The smallest absolute Gasteiger partial charge is 0.317 e. The van der Waals surface area contributed by atoms with Gasteiger partial charge in [-0.3, -0.25) is 0 Å². The van der Waals surface area contributed by atoms with Gasteiger partial charge in [0.1, 0.15) is 0 Å². The SMILES string of the molecule is CCCNC(=O)N1CCN(c2ccc3c(c2)OCO3)CC1. The zero-order chi connectivity index (χ0) is 14.7. The van der Waals surface area contributed by atoms with Gasteiger partial charge in [-0.05, 0) is 18.6 Å². The second-order valence-electron chi connectivity index (χ2n) is 5.24. The van der Waals surface area contributed by atoms with Crippen molar-refractivity contribution in [1.29, 1.82) is 0 Å². The summed E-state index contributed by atoms with van der Waals surface area (Å²) < 4.78 is 10.7. The van der Waals surface area contributed by atoms with Crippen molar-refractivity contribution in [1.82, 2.24) is 10.2 Å². The molecule has 1 fully saturated rings. The van der Waals surface area contributed by atoms with Crippen molar-refractivity contribution < 1.29 is 14.3 Å². The first-order chi connectivity index (χ1) is 10.3. The van der Waals surface area contributed by atoms with Gasteiger partial charge in [0.2, 0.25) is 6.79 Å². The van der Waals surface area contributed by atoms with E-state index in [0.29, 0.717) is 6.79 Å². The fourth-order valence-electron chi connectivity index (χ4n) is 2.59. The first-order valence-corrected chi connectivity index (χ1v) is 7.45. The topological polar surface area (TPSA) is 54.0 Å². The molecule has 0 radical (unpaired) electrons. The average molecular weight is 291 g/mol. The third kappa shape index (κ3) is 2.99. The number of urea groups is 1. The highest BCUT2D eigenvalue weighted by atomic mass is 16.7. The van der Waals surface area contributed by atoms with Crippen molar-refractivity contribution in [3.05, 3.63) is 18.2 Å². The van der Waals surface area contributed by atoms with Gasteiger partial charge in [-0.15, -0.1) is 0 Å². The van der Waals surface area contributed by atoms with Crippen molar-refractivity contribution in [2.24, 2.45) is 0 Å². The molecule has 1 aromatic carbocycles. The molecule has 0 unspecified atom stereocenters. The summed E-state index contributed by atoms with van der Waals surface area (Å²) >= 11 is 0. The molecule has 2 aliphatic heterocycles. The third-order valence-corrected chi connectivity index (χ3v) is 3.81. The van der Waals surface area contributed by atoms with Crippen LogP contribution in [0.5, 0.6) is 11.5 Å². The van der Waals surface area contributed by atoms with Gasteiger partial charge in [-0.1, -0.05) is 6.92 Å². The van der Waals surface area contributed by atoms with Crippen LogP contribution >= 0.6 is 0 Å². The molecule has 1 aromatic rings. The molecule has 6 nitrogen and oxygen atoms in total. The highest BCUT2D eigenvalue weighted by molar-refractivity contribution is 5.74. The first kappa shape index (κ1) is 13.9. The maximum Gasteiger partial charge on any atom is 0.317 e. The second kappa shape index (κ2) is 6.11. The highest BCUT2D eigenvalue weighted by Gasteiger charge is 2.22. The van der Waals surface area contributed by atoms with E-state index in [1.165, 1.54) is 0 Å². The number of nitrogens with zero attached hydrogens (tertiary/aromatic N) is 2. The standard InChI is InChI=1S/C15H21N3O3/c1-2-5-16-15(19)18-8-6-17(7-9-18)12-3-4-13-14(10-12)21-11-20-13/h3-4,10H,2,5-9,11H2,1H3,(H,16,19). The second-order valence-corrected chi connectivity index (χ2v) is 5.24. The van der Waals surface area contributed by atoms with Crippen molar-refractivity contribution in [2.75, 3.05) is 44.4 Å². The van der Waals surface area contributed by atoms with Gasteiger partial charge in [-0.25, -0.2) is 4.79 Å². The average Bonchev–Trinajstić information content (AvgIpc) is 3.00. The number of rotatable bonds is 3. The molecule has 3 rings (SSSR count). The van der Waals surface area contributed by atoms with Crippen LogP contribution in [0, 0.1) is 0 Å². The quantitative estimate of drug-likeness (QED) is 0.920. The summed E-state index contributed by atoms with van der Waals surface area (Å²) in [5.41, 5.74) is 1.12. The van der Waals surface area contributed by atoms with E-state index >= 15 is 0 Å². The number of anilines is 1. The van der Waals surface area contributed by atoms with Gasteiger partial charge in [0.05, 0.1) is 0 Å². The van der Waals surface area contributed by atoms with Crippen LogP contribution in [0.2, 0.25) is 0 Å². The molecule has 2 amide bonds. The fourth-order valence-corrected chi connectivity index (χ4v) is 2.59. The van der Waals surface area contributed by atoms with Crippen molar-refractivity contribution in [3.63, 3.8) is 0 Å². The zero-order valence-electron chi connectivity index (χ0n) is 12.3. The molecular formula is C15H21N3O3. The van der Waals surface area contributed by atoms with Gasteiger partial charge in [0, 0.05) is 44.5 Å². The number of hydrogen-bond acceptors (Lipinski definition) is 4. The maximum atomic E-state index is 11.9. The largest absolute Gasteiger partial charge is 0.454 e. The van der Waals surface area contributed by atoms with Gasteiger partial charge < -0.3 is 24.6 Å². The van der Waals surface area contributed by atoms with Crippen molar-refractivity contribution in [3.8, 4) is 11.5 Å². The van der Waals surface area contributed by atoms with Crippen LogP contribution in [0.4, 0.5) is 10.5 Å². The number of hydrogen-bond donors (Lipinski definition) is 1. The molecule has 0 aliphatic carbocycles. The predicted octanol–water partition coefficient (Wildman–Crippen LogP) is 1.66. The Balaban J connectivity index is 1.57. The van der Waals surface area contributed by atoms with E-state index in [9.17, 15) is 4.79 Å². The van der Waals surface area contributed by atoms with Crippen LogP contribution in [0.25, 0.3) is 0 Å². The van der Waals surface area contributed by atoms with Gasteiger partial charge in [0.25, 0.3) is 0 Å². The van der Waals surface area contributed by atoms with Crippen molar-refractivity contribution in [2.45, 2.75) is 13.3 Å². The number of fused-ring (bicyclic) bond motifs is 1. The predicted molar refractivity (Wildman–Crippen MR) is 80.0 cm³/mol. The number of piperazine rings is 1. The normalized spacial score (nSPS) is 17.0. The van der Waals surface area contributed by atoms with Gasteiger partial charge >= 0.3 is 6.03 Å². The molecule has 1 N–H and O–H groups in total. The van der Waals surface area contributed by atoms with Crippen LogP contribution in [0.1, 0.15) is 13.3 Å². The molecule has 0 saturated carbocycles. The molecule has 114 valence electrons. The summed E-state index contributed by atoms with van der Waals surface area (Å²) in [4.78, 5) is 16.1. The van der Waals surface area contributed by atoms with E-state index in [0.717, 1.165) is 56.3 Å². The van der Waals surface area contributed by atoms with Crippen LogP contribution in [0.15, 0.2) is 18.2 Å². The summed E-state index contributed by atoms with van der Waals surface area (Å²) in [6.45, 7) is 6.23. The molecule has 6 heteroatoms. The Morgan fingerprint density at radius 3 is 2.71 bits per heavy atom. The number of nitrogens with one attached hydrogen (secondary N) is 1. The molecule has 2 aliphatic rings. The minimum Gasteiger partial charge on any atom is -0.454 e. The van der Waals surface area contributed by atoms with E-state index in [1.807, 2.05) is 23.1 Å². The van der Waals surface area contributed by atoms with E-state index in [4.69, 9.17) is 9.47 Å². The molecule has 0 bridgehead atoms. The molecule has 2 heterocycles. The molecule has 0 atom stereocenters. The molecule has 0 spiro atoms. The van der Waals surface area contributed by atoms with E-state index in [2.05, 4.69) is 17.1 Å². The number of carbonyl (C=O) groups excluding carboxylic acids is 1. The first-order valence-electron chi connectivity index (χ1n) is 7.45. The van der Waals surface area contributed by atoms with Gasteiger partial charge in [0.15, 0.2) is 11.5 Å². The Kier molecular flexibility index (Phi) is 4.03. The molecule has 1 saturated heterocycles. The summed E-state index contributed by atoms with van der Waals surface area (Å²) in [6, 6.07) is 6.04. The van der Waals surface area contributed by atoms with E-state index in [1.54, 1.807) is 0 Å². The maximum absolute atomic E-state index is 11.9. The van der Waals surface area contributed by atoms with Crippen LogP contribution in [-0.4, -0.2) is 50.4 Å². The van der Waals surface area contributed by atoms with E-state index < -0.39 is 0 Å². The molecule has 21 heavy (non-hydrogen) atoms. The Labute approximate surface area is 124 Å². The third-order valence-electron chi connectivity index (χ3n) is 3.81. The Morgan fingerprint density at radius 1 is 1.19 bits per heavy atom. The minimum absolute atomic E-state index is 0.0437. The van der Waals surface area contributed by atoms with Crippen LogP contribution in [-0.2, 0) is 0 Å². The fraction of sp³-hybridized carbons (Fsp3) is 0.533. The number of ether oxygens (including phenoxy) is 2. The number of amides is 2. The zero-order valence-corrected chi connectivity index (χ0v) is 12.3. The van der Waals surface area contributed by atoms with Crippen LogP contribution in [0.3, 0.4) is 0 Å².